The average Bonchev–Trinajstić information content (AvgIpc) is 2.13. The van der Waals surface area contributed by atoms with E-state index in [1.165, 1.54) is 0 Å². The van der Waals surface area contributed by atoms with Crippen molar-refractivity contribution in [2.24, 2.45) is 0 Å². The van der Waals surface area contributed by atoms with Crippen LogP contribution in [0.3, 0.4) is 0 Å². The molecule has 0 spiro atoms. The molecule has 96 valence electrons. The van der Waals surface area contributed by atoms with E-state index in [2.05, 4.69) is 5.32 Å². The van der Waals surface area contributed by atoms with E-state index in [-0.39, 0.29) is 12.8 Å². The van der Waals surface area contributed by atoms with Crippen LogP contribution in [0.15, 0.2) is 0 Å². The van der Waals surface area contributed by atoms with E-state index in [0.29, 0.717) is 6.42 Å². The van der Waals surface area contributed by atoms with Gasteiger partial charge in [-0.1, -0.05) is 0 Å². The van der Waals surface area contributed by atoms with Gasteiger partial charge in [0.25, 0.3) is 0 Å². The Morgan fingerprint density at radius 3 is 2.47 bits per heavy atom. The molecule has 17 heavy (non-hydrogen) atoms. The number of alkyl carbamates (subject to hydrolysis) is 1. The zero-order chi connectivity index (χ0) is 13.5. The molecule has 0 fully saturated rings. The van der Waals surface area contributed by atoms with Gasteiger partial charge >= 0.3 is 12.1 Å². The number of carboxylic acids is 1. The van der Waals surface area contributed by atoms with Gasteiger partial charge in [0.2, 0.25) is 0 Å². The Hall–Kier alpha value is -1.77. The van der Waals surface area contributed by atoms with E-state index in [4.69, 9.17) is 15.1 Å². The summed E-state index contributed by atoms with van der Waals surface area (Å²) in [5, 5.41) is 19.5. The SMILES string of the molecule is CC(C)(C)OC(=O)N[C@H](CCCC#N)C(=O)O. The first-order valence-corrected chi connectivity index (χ1v) is 5.35. The van der Waals surface area contributed by atoms with Crippen LogP contribution in [0.1, 0.15) is 40.0 Å². The standard InChI is InChI=1S/C11H18N2O4/c1-11(2,3)17-10(16)13-8(9(14)15)6-4-5-7-12/h8H,4-6H2,1-3H3,(H,13,16)(H,14,15)/t8-/m1/s1. The van der Waals surface area contributed by atoms with Gasteiger partial charge in [0.05, 0.1) is 6.07 Å². The van der Waals surface area contributed by atoms with E-state index in [9.17, 15) is 9.59 Å². The second kappa shape index (κ2) is 6.74. The average molecular weight is 242 g/mol. The molecule has 2 N–H and O–H groups in total. The first kappa shape index (κ1) is 15.2. The number of rotatable bonds is 5. The number of nitriles is 1. The summed E-state index contributed by atoms with van der Waals surface area (Å²) in [7, 11) is 0. The van der Waals surface area contributed by atoms with Crippen LogP contribution in [0, 0.1) is 11.3 Å². The molecule has 0 aromatic heterocycles. The zero-order valence-corrected chi connectivity index (χ0v) is 10.3. The third-order valence-electron chi connectivity index (χ3n) is 1.77. The summed E-state index contributed by atoms with van der Waals surface area (Å²) in [6.45, 7) is 5.08. The van der Waals surface area contributed by atoms with Crippen LogP contribution in [0.25, 0.3) is 0 Å². The van der Waals surface area contributed by atoms with Gasteiger partial charge in [-0.15, -0.1) is 0 Å². The predicted octanol–water partition coefficient (Wildman–Crippen LogP) is 1.66. The summed E-state index contributed by atoms with van der Waals surface area (Å²) >= 11 is 0. The summed E-state index contributed by atoms with van der Waals surface area (Å²) in [5.41, 5.74) is -0.667. The van der Waals surface area contributed by atoms with Gasteiger partial charge in [-0.25, -0.2) is 9.59 Å². The van der Waals surface area contributed by atoms with Gasteiger partial charge in [0, 0.05) is 6.42 Å². The third-order valence-corrected chi connectivity index (χ3v) is 1.77. The van der Waals surface area contributed by atoms with Gasteiger partial charge in [-0.2, -0.15) is 5.26 Å². The molecule has 0 aromatic rings. The van der Waals surface area contributed by atoms with E-state index < -0.39 is 23.7 Å². The van der Waals surface area contributed by atoms with Crippen LogP contribution in [0.4, 0.5) is 4.79 Å². The highest BCUT2D eigenvalue weighted by Crippen LogP contribution is 2.08. The van der Waals surface area contributed by atoms with Crippen molar-refractivity contribution in [1.82, 2.24) is 5.32 Å². The monoisotopic (exact) mass is 242 g/mol. The van der Waals surface area contributed by atoms with Crippen LogP contribution in [-0.4, -0.2) is 28.8 Å². The number of carboxylic acid groups (broad SMARTS) is 1. The number of aliphatic carboxylic acids is 1. The van der Waals surface area contributed by atoms with Crippen molar-refractivity contribution in [3.63, 3.8) is 0 Å². The summed E-state index contributed by atoms with van der Waals surface area (Å²) in [4.78, 5) is 22.2. The molecular formula is C11H18N2O4. The Morgan fingerprint density at radius 2 is 2.06 bits per heavy atom. The highest BCUT2D eigenvalue weighted by atomic mass is 16.6. The fraction of sp³-hybridized carbons (Fsp3) is 0.727. The fourth-order valence-electron chi connectivity index (χ4n) is 1.09. The molecule has 6 heteroatoms. The maximum Gasteiger partial charge on any atom is 0.408 e. The normalized spacial score (nSPS) is 12.4. The van der Waals surface area contributed by atoms with E-state index in [1.807, 2.05) is 6.07 Å². The Labute approximate surface area is 101 Å². The minimum absolute atomic E-state index is 0.210. The number of ether oxygens (including phenoxy) is 1. The number of nitrogens with zero attached hydrogens (tertiary/aromatic N) is 1. The third kappa shape index (κ3) is 8.08. The van der Waals surface area contributed by atoms with Crippen molar-refractivity contribution in [3.05, 3.63) is 0 Å². The van der Waals surface area contributed by atoms with E-state index in [1.54, 1.807) is 20.8 Å². The van der Waals surface area contributed by atoms with E-state index >= 15 is 0 Å². The minimum atomic E-state index is -1.13. The molecule has 0 aromatic carbocycles. The van der Waals surface area contributed by atoms with Crippen molar-refractivity contribution in [2.75, 3.05) is 0 Å². The molecule has 0 aliphatic carbocycles. The van der Waals surface area contributed by atoms with Crippen LogP contribution in [0.5, 0.6) is 0 Å². The Balaban J connectivity index is 4.22. The first-order chi connectivity index (χ1) is 7.76. The molecule has 0 rings (SSSR count). The lowest BCUT2D eigenvalue weighted by atomic mass is 10.1. The molecule has 0 radical (unpaired) electrons. The largest absolute Gasteiger partial charge is 0.480 e. The van der Waals surface area contributed by atoms with Crippen molar-refractivity contribution in [2.45, 2.75) is 51.7 Å². The molecule has 0 heterocycles. The molecule has 0 saturated heterocycles. The maximum absolute atomic E-state index is 11.3. The number of carbonyl (C=O) groups is 2. The number of unbranched alkanes of at least 4 members (excludes halogenated alkanes) is 1. The van der Waals surface area contributed by atoms with Crippen LogP contribution in [-0.2, 0) is 9.53 Å². The lowest BCUT2D eigenvalue weighted by Crippen LogP contribution is -2.43. The number of nitrogens with one attached hydrogen (secondary N) is 1. The fourth-order valence-corrected chi connectivity index (χ4v) is 1.09. The highest BCUT2D eigenvalue weighted by molar-refractivity contribution is 5.79. The summed E-state index contributed by atoms with van der Waals surface area (Å²) in [5.74, 6) is -1.13. The zero-order valence-electron chi connectivity index (χ0n) is 10.3. The van der Waals surface area contributed by atoms with Crippen molar-refractivity contribution in [3.8, 4) is 6.07 Å². The van der Waals surface area contributed by atoms with Gasteiger partial charge < -0.3 is 15.2 Å². The first-order valence-electron chi connectivity index (χ1n) is 5.35. The minimum Gasteiger partial charge on any atom is -0.480 e. The summed E-state index contributed by atoms with van der Waals surface area (Å²) in [6.07, 6.45) is 0.132. The molecule has 1 atom stereocenters. The molecule has 0 saturated carbocycles. The van der Waals surface area contributed by atoms with Crippen molar-refractivity contribution >= 4 is 12.1 Å². The highest BCUT2D eigenvalue weighted by Gasteiger charge is 2.23. The van der Waals surface area contributed by atoms with Crippen LogP contribution in [0.2, 0.25) is 0 Å². The molecule has 0 aliphatic heterocycles. The molecule has 0 aliphatic rings. The molecule has 1 amide bonds. The lowest BCUT2D eigenvalue weighted by Gasteiger charge is -2.21. The molecule has 0 unspecified atom stereocenters. The predicted molar refractivity (Wildman–Crippen MR) is 60.3 cm³/mol. The van der Waals surface area contributed by atoms with Crippen molar-refractivity contribution < 1.29 is 19.4 Å². The molecule has 0 bridgehead atoms. The quantitative estimate of drug-likeness (QED) is 0.714. The number of hydrogen-bond donors (Lipinski definition) is 2. The smallest absolute Gasteiger partial charge is 0.408 e. The van der Waals surface area contributed by atoms with Crippen LogP contribution < -0.4 is 5.32 Å². The molecular weight excluding hydrogens is 224 g/mol. The molecule has 6 nitrogen and oxygen atoms in total. The Kier molecular flexibility index (Phi) is 6.03. The van der Waals surface area contributed by atoms with E-state index in [0.717, 1.165) is 0 Å². The number of hydrogen-bond acceptors (Lipinski definition) is 4. The van der Waals surface area contributed by atoms with Crippen LogP contribution >= 0.6 is 0 Å². The lowest BCUT2D eigenvalue weighted by molar-refractivity contribution is -0.139. The van der Waals surface area contributed by atoms with Gasteiger partial charge in [-0.3, -0.25) is 0 Å². The van der Waals surface area contributed by atoms with Gasteiger partial charge in [0.15, 0.2) is 0 Å². The summed E-state index contributed by atoms with van der Waals surface area (Å²) in [6, 6.07) is 0.901. The second-order valence-corrected chi connectivity index (χ2v) is 4.59. The Morgan fingerprint density at radius 1 is 1.47 bits per heavy atom. The maximum atomic E-state index is 11.3. The van der Waals surface area contributed by atoms with Crippen molar-refractivity contribution in [1.29, 1.82) is 5.26 Å². The van der Waals surface area contributed by atoms with Gasteiger partial charge in [-0.05, 0) is 33.6 Å². The second-order valence-electron chi connectivity index (χ2n) is 4.59. The number of carbonyl (C=O) groups excluding carboxylic acids is 1. The topological polar surface area (TPSA) is 99.4 Å². The number of amides is 1. The Bertz CT molecular complexity index is 314. The summed E-state index contributed by atoms with van der Waals surface area (Å²) < 4.78 is 4.95. The van der Waals surface area contributed by atoms with Gasteiger partial charge in [0.1, 0.15) is 11.6 Å².